The van der Waals surface area contributed by atoms with Crippen molar-refractivity contribution in [2.75, 3.05) is 20.2 Å². The molecule has 120 valence electrons. The standard InChI is InChI=1S/C16H16N2O5/c1-10-5-12(6-15(19)22-10)23-13-8-18(9-13)16(20)11-3-4-14(21-2)17-7-11/h3-7,13H,8-9H2,1-2H3. The third-order valence-electron chi connectivity index (χ3n) is 3.50. The molecule has 2 aromatic heterocycles. The van der Waals surface area contributed by atoms with Gasteiger partial charge in [0.2, 0.25) is 5.88 Å². The molecule has 0 saturated carbocycles. The van der Waals surface area contributed by atoms with Crippen LogP contribution in [0.25, 0.3) is 0 Å². The van der Waals surface area contributed by atoms with Crippen LogP contribution in [0.15, 0.2) is 39.7 Å². The van der Waals surface area contributed by atoms with Crippen LogP contribution in [0, 0.1) is 6.92 Å². The fraction of sp³-hybridized carbons (Fsp3) is 0.312. The molecule has 0 unspecified atom stereocenters. The Morgan fingerprint density at radius 3 is 2.74 bits per heavy atom. The average Bonchev–Trinajstić information content (AvgIpc) is 2.49. The lowest BCUT2D eigenvalue weighted by molar-refractivity contribution is 0.0174. The van der Waals surface area contributed by atoms with Crippen molar-refractivity contribution in [3.05, 3.63) is 52.2 Å². The molecule has 1 fully saturated rings. The number of amides is 1. The van der Waals surface area contributed by atoms with Crippen molar-refractivity contribution >= 4 is 5.91 Å². The van der Waals surface area contributed by atoms with E-state index in [1.807, 2.05) is 0 Å². The molecular weight excluding hydrogens is 300 g/mol. The fourth-order valence-electron chi connectivity index (χ4n) is 2.32. The molecule has 1 amide bonds. The van der Waals surface area contributed by atoms with Gasteiger partial charge in [-0.2, -0.15) is 0 Å². The van der Waals surface area contributed by atoms with E-state index in [2.05, 4.69) is 4.98 Å². The maximum absolute atomic E-state index is 12.3. The molecule has 23 heavy (non-hydrogen) atoms. The first kappa shape index (κ1) is 15.1. The van der Waals surface area contributed by atoms with E-state index in [1.165, 1.54) is 19.4 Å². The Bertz CT molecular complexity index is 763. The number of aromatic nitrogens is 1. The van der Waals surface area contributed by atoms with Crippen LogP contribution < -0.4 is 15.1 Å². The minimum absolute atomic E-state index is 0.108. The number of methoxy groups -OCH3 is 1. The van der Waals surface area contributed by atoms with Gasteiger partial charge in [-0.25, -0.2) is 9.78 Å². The van der Waals surface area contributed by atoms with Crippen LogP contribution in [-0.4, -0.2) is 42.1 Å². The minimum atomic E-state index is -0.448. The normalized spacial score (nSPS) is 14.3. The van der Waals surface area contributed by atoms with E-state index in [0.717, 1.165) is 0 Å². The van der Waals surface area contributed by atoms with Crippen molar-refractivity contribution < 1.29 is 18.7 Å². The van der Waals surface area contributed by atoms with Crippen molar-refractivity contribution in [1.82, 2.24) is 9.88 Å². The Morgan fingerprint density at radius 1 is 1.35 bits per heavy atom. The van der Waals surface area contributed by atoms with E-state index in [9.17, 15) is 9.59 Å². The minimum Gasteiger partial charge on any atom is -0.486 e. The molecule has 1 aliphatic rings. The molecular formula is C16H16N2O5. The molecule has 1 saturated heterocycles. The summed E-state index contributed by atoms with van der Waals surface area (Å²) < 4.78 is 15.5. The summed E-state index contributed by atoms with van der Waals surface area (Å²) in [5.74, 6) is 1.31. The molecule has 0 radical (unpaired) electrons. The molecule has 0 aromatic carbocycles. The first-order chi connectivity index (χ1) is 11.0. The van der Waals surface area contributed by atoms with E-state index in [0.29, 0.717) is 36.0 Å². The number of pyridine rings is 1. The zero-order valence-corrected chi connectivity index (χ0v) is 12.8. The highest BCUT2D eigenvalue weighted by molar-refractivity contribution is 5.94. The van der Waals surface area contributed by atoms with Gasteiger partial charge in [-0.3, -0.25) is 4.79 Å². The first-order valence-electron chi connectivity index (χ1n) is 7.13. The zero-order chi connectivity index (χ0) is 16.4. The van der Waals surface area contributed by atoms with Gasteiger partial charge in [0.05, 0.1) is 31.8 Å². The highest BCUT2D eigenvalue weighted by Crippen LogP contribution is 2.20. The lowest BCUT2D eigenvalue weighted by Gasteiger charge is -2.38. The molecule has 0 spiro atoms. The van der Waals surface area contributed by atoms with E-state index < -0.39 is 5.63 Å². The molecule has 7 nitrogen and oxygen atoms in total. The lowest BCUT2D eigenvalue weighted by atomic mass is 10.1. The fourth-order valence-corrected chi connectivity index (χ4v) is 2.32. The molecule has 2 aromatic rings. The number of hydrogen-bond acceptors (Lipinski definition) is 6. The number of likely N-dealkylation sites (tertiary alicyclic amines) is 1. The van der Waals surface area contributed by atoms with Gasteiger partial charge in [-0.1, -0.05) is 0 Å². The van der Waals surface area contributed by atoms with E-state index in [-0.39, 0.29) is 12.0 Å². The summed E-state index contributed by atoms with van der Waals surface area (Å²) in [6, 6.07) is 6.27. The maximum atomic E-state index is 12.3. The van der Waals surface area contributed by atoms with Gasteiger partial charge in [-0.05, 0) is 13.0 Å². The predicted octanol–water partition coefficient (Wildman–Crippen LogP) is 1.26. The number of rotatable bonds is 4. The first-order valence-corrected chi connectivity index (χ1v) is 7.13. The SMILES string of the molecule is COc1ccc(C(=O)N2CC(Oc3cc(C)oc(=O)c3)C2)cn1. The van der Waals surface area contributed by atoms with Gasteiger partial charge >= 0.3 is 5.63 Å². The van der Waals surface area contributed by atoms with Gasteiger partial charge in [0, 0.05) is 18.3 Å². The Balaban J connectivity index is 1.57. The smallest absolute Gasteiger partial charge is 0.339 e. The zero-order valence-electron chi connectivity index (χ0n) is 12.8. The predicted molar refractivity (Wildman–Crippen MR) is 80.8 cm³/mol. The third-order valence-corrected chi connectivity index (χ3v) is 3.50. The number of carbonyl (C=O) groups excluding carboxylic acids is 1. The number of nitrogens with zero attached hydrogens (tertiary/aromatic N) is 2. The summed E-state index contributed by atoms with van der Waals surface area (Å²) in [5.41, 5.74) is 0.0528. The summed E-state index contributed by atoms with van der Waals surface area (Å²) in [6.45, 7) is 2.61. The van der Waals surface area contributed by atoms with Crippen molar-refractivity contribution in [2.45, 2.75) is 13.0 Å². The van der Waals surface area contributed by atoms with Crippen LogP contribution in [-0.2, 0) is 0 Å². The molecule has 0 atom stereocenters. The van der Waals surface area contributed by atoms with Crippen LogP contribution in [0.3, 0.4) is 0 Å². The summed E-state index contributed by atoms with van der Waals surface area (Å²) in [4.78, 5) is 29.2. The quantitative estimate of drug-likeness (QED) is 0.844. The Hall–Kier alpha value is -2.83. The van der Waals surface area contributed by atoms with Crippen LogP contribution in [0.2, 0.25) is 0 Å². The van der Waals surface area contributed by atoms with E-state index >= 15 is 0 Å². The number of aryl methyl sites for hydroxylation is 1. The van der Waals surface area contributed by atoms with E-state index in [4.69, 9.17) is 13.9 Å². The van der Waals surface area contributed by atoms with Gasteiger partial charge in [0.25, 0.3) is 5.91 Å². The molecule has 1 aliphatic heterocycles. The lowest BCUT2D eigenvalue weighted by Crippen LogP contribution is -2.56. The monoisotopic (exact) mass is 316 g/mol. The van der Waals surface area contributed by atoms with E-state index in [1.54, 1.807) is 30.0 Å². The molecule has 3 heterocycles. The molecule has 3 rings (SSSR count). The van der Waals surface area contributed by atoms with Crippen LogP contribution in [0.5, 0.6) is 11.6 Å². The second-order valence-electron chi connectivity index (χ2n) is 5.26. The molecule has 0 bridgehead atoms. The average molecular weight is 316 g/mol. The van der Waals surface area contributed by atoms with Crippen molar-refractivity contribution in [3.63, 3.8) is 0 Å². The van der Waals surface area contributed by atoms with Crippen molar-refractivity contribution in [1.29, 1.82) is 0 Å². The number of ether oxygens (including phenoxy) is 2. The topological polar surface area (TPSA) is 81.9 Å². The highest BCUT2D eigenvalue weighted by Gasteiger charge is 2.33. The molecule has 0 N–H and O–H groups in total. The Labute approximate surface area is 132 Å². The Kier molecular flexibility index (Phi) is 4.01. The third kappa shape index (κ3) is 3.33. The second-order valence-corrected chi connectivity index (χ2v) is 5.26. The maximum Gasteiger partial charge on any atom is 0.339 e. The number of carbonyl (C=O) groups is 1. The second kappa shape index (κ2) is 6.12. The largest absolute Gasteiger partial charge is 0.486 e. The van der Waals surface area contributed by atoms with Crippen molar-refractivity contribution in [3.8, 4) is 11.6 Å². The van der Waals surface area contributed by atoms with Crippen molar-refractivity contribution in [2.24, 2.45) is 0 Å². The van der Waals surface area contributed by atoms with Gasteiger partial charge < -0.3 is 18.8 Å². The summed E-state index contributed by atoms with van der Waals surface area (Å²) in [5, 5.41) is 0. The summed E-state index contributed by atoms with van der Waals surface area (Å²) >= 11 is 0. The number of hydrogen-bond donors (Lipinski definition) is 0. The summed E-state index contributed by atoms with van der Waals surface area (Å²) in [6.07, 6.45) is 1.35. The molecule has 7 heteroatoms. The van der Waals surface area contributed by atoms with Crippen LogP contribution in [0.1, 0.15) is 16.1 Å². The van der Waals surface area contributed by atoms with Crippen LogP contribution in [0.4, 0.5) is 0 Å². The van der Waals surface area contributed by atoms with Gasteiger partial charge in [-0.15, -0.1) is 0 Å². The highest BCUT2D eigenvalue weighted by atomic mass is 16.5. The molecule has 0 aliphatic carbocycles. The van der Waals surface area contributed by atoms with Gasteiger partial charge in [0.1, 0.15) is 17.6 Å². The van der Waals surface area contributed by atoms with Gasteiger partial charge in [0.15, 0.2) is 0 Å². The van der Waals surface area contributed by atoms with Crippen LogP contribution >= 0.6 is 0 Å². The summed E-state index contributed by atoms with van der Waals surface area (Å²) in [7, 11) is 1.52. The Morgan fingerprint density at radius 2 is 2.13 bits per heavy atom.